The maximum atomic E-state index is 3.11. The summed E-state index contributed by atoms with van der Waals surface area (Å²) >= 11 is -0.191. The topological polar surface area (TPSA) is 0 Å². The first kappa shape index (κ1) is 10.2. The second-order valence-corrected chi connectivity index (χ2v) is 7.86. The molecule has 0 nitrogen and oxygen atoms in total. The molecule has 0 aliphatic rings. The molecule has 0 radical (unpaired) electrons. The van der Waals surface area contributed by atoms with Gasteiger partial charge in [-0.25, -0.2) is 0 Å². The maximum absolute atomic E-state index is 3.11. The van der Waals surface area contributed by atoms with Crippen molar-refractivity contribution in [3.8, 4) is 23.7 Å². The van der Waals surface area contributed by atoms with Crippen molar-refractivity contribution in [2.75, 3.05) is 0 Å². The minimum absolute atomic E-state index is 0.0954. The van der Waals surface area contributed by atoms with Crippen LogP contribution in [0.4, 0.5) is 0 Å². The normalized spacial score (nSPS) is 8.29. The van der Waals surface area contributed by atoms with Gasteiger partial charge in [0.25, 0.3) is 0 Å². The number of rotatable bonds is 0. The molecule has 14 heavy (non-hydrogen) atoms. The molecule has 2 rings (SSSR count). The Hall–Kier alpha value is -0.341. The van der Waals surface area contributed by atoms with Crippen LogP contribution in [-0.2, 0) is 0 Å². The minimum atomic E-state index is -0.0954. The number of hydrogen-bond donors (Lipinski definition) is 0. The van der Waals surface area contributed by atoms with Gasteiger partial charge >= 0.3 is 104 Å². The van der Waals surface area contributed by atoms with E-state index in [2.05, 4.69) is 56.1 Å². The summed E-state index contributed by atoms with van der Waals surface area (Å²) in [6, 6.07) is 8.38. The standard InChI is InChI=1S/C12H6Te2/c1(5-11-7-3-9-13-11)2-6-12-8-4-10-14-12/h3-4,7-10H. The van der Waals surface area contributed by atoms with Crippen molar-refractivity contribution < 1.29 is 0 Å². The van der Waals surface area contributed by atoms with Crippen LogP contribution < -0.4 is 0 Å². The first-order valence-corrected chi connectivity index (χ1v) is 9.06. The third-order valence-corrected chi connectivity index (χ3v) is 5.96. The van der Waals surface area contributed by atoms with Gasteiger partial charge in [-0.15, -0.1) is 0 Å². The fourth-order valence-electron chi connectivity index (χ4n) is 0.885. The Morgan fingerprint density at radius 1 is 0.786 bits per heavy atom. The summed E-state index contributed by atoms with van der Waals surface area (Å²) in [6.45, 7) is 0. The van der Waals surface area contributed by atoms with Gasteiger partial charge in [0.05, 0.1) is 0 Å². The second-order valence-electron chi connectivity index (χ2n) is 2.45. The average Bonchev–Trinajstić information content (AvgIpc) is 2.86. The van der Waals surface area contributed by atoms with Crippen LogP contribution in [0.1, 0.15) is 7.16 Å². The predicted octanol–water partition coefficient (Wildman–Crippen LogP) is 1.20. The molecule has 0 aliphatic carbocycles. The molecule has 2 heterocycles. The molecule has 0 fully saturated rings. The molecule has 0 aliphatic heterocycles. The molecule has 2 aromatic heterocycles. The van der Waals surface area contributed by atoms with Crippen molar-refractivity contribution >= 4 is 40.9 Å². The van der Waals surface area contributed by atoms with Crippen LogP contribution in [0.2, 0.25) is 0 Å². The van der Waals surface area contributed by atoms with Gasteiger partial charge in [-0.05, 0) is 0 Å². The Morgan fingerprint density at radius 2 is 1.29 bits per heavy atom. The molecule has 0 N–H and O–H groups in total. The molecule has 0 saturated heterocycles. The Bertz CT molecular complexity index is 446. The van der Waals surface area contributed by atoms with Gasteiger partial charge in [-0.1, -0.05) is 0 Å². The molecule has 2 heteroatoms. The molecule has 0 amide bonds. The van der Waals surface area contributed by atoms with Crippen molar-refractivity contribution in [2.45, 2.75) is 0 Å². The van der Waals surface area contributed by atoms with Gasteiger partial charge in [0, 0.05) is 0 Å². The summed E-state index contributed by atoms with van der Waals surface area (Å²) in [6.07, 6.45) is 0. The molecule has 0 unspecified atom stereocenters. The number of hydrogen-bond acceptors (Lipinski definition) is 0. The molecule has 0 aromatic carbocycles. The van der Waals surface area contributed by atoms with Crippen molar-refractivity contribution in [1.82, 2.24) is 0 Å². The third-order valence-electron chi connectivity index (χ3n) is 1.48. The Balaban J connectivity index is 2.07. The quantitative estimate of drug-likeness (QED) is 0.457. The summed E-state index contributed by atoms with van der Waals surface area (Å²) < 4.78 is 7.05. The van der Waals surface area contributed by atoms with Gasteiger partial charge in [-0.2, -0.15) is 0 Å². The van der Waals surface area contributed by atoms with Gasteiger partial charge in [0.1, 0.15) is 0 Å². The molecule has 2 aromatic rings. The van der Waals surface area contributed by atoms with Crippen LogP contribution in [0.5, 0.6) is 0 Å². The summed E-state index contributed by atoms with van der Waals surface area (Å²) in [5.74, 6) is 12.0. The van der Waals surface area contributed by atoms with Crippen molar-refractivity contribution in [2.24, 2.45) is 0 Å². The molecule has 0 spiro atoms. The van der Waals surface area contributed by atoms with E-state index < -0.39 is 0 Å². The molecular formula is C12H6Te2. The van der Waals surface area contributed by atoms with Crippen molar-refractivity contribution in [3.63, 3.8) is 0 Å². The molecule has 0 saturated carbocycles. The van der Waals surface area contributed by atoms with Crippen molar-refractivity contribution in [3.05, 3.63) is 39.6 Å². The zero-order chi connectivity index (χ0) is 9.64. The molecular weight excluding hydrogens is 399 g/mol. The molecule has 0 atom stereocenters. The van der Waals surface area contributed by atoms with Crippen LogP contribution in [0.3, 0.4) is 0 Å². The van der Waals surface area contributed by atoms with E-state index in [4.69, 9.17) is 0 Å². The Kier molecular flexibility index (Phi) is 4.02. The summed E-state index contributed by atoms with van der Waals surface area (Å²) in [7, 11) is 0. The van der Waals surface area contributed by atoms with Gasteiger partial charge in [0.15, 0.2) is 0 Å². The van der Waals surface area contributed by atoms with E-state index in [9.17, 15) is 0 Å². The monoisotopic (exact) mass is 410 g/mol. The van der Waals surface area contributed by atoms with Gasteiger partial charge in [0.2, 0.25) is 0 Å². The third kappa shape index (κ3) is 3.10. The van der Waals surface area contributed by atoms with E-state index in [1.807, 2.05) is 0 Å². The SMILES string of the molecule is C(C#Cc1ccc[te]1)#Cc1ccc[te]1. The first-order valence-electron chi connectivity index (χ1n) is 4.04. The van der Waals surface area contributed by atoms with E-state index >= 15 is 0 Å². The average molecular weight is 405 g/mol. The van der Waals surface area contributed by atoms with Gasteiger partial charge in [-0.3, -0.25) is 0 Å². The summed E-state index contributed by atoms with van der Waals surface area (Å²) in [5, 5.41) is 0. The van der Waals surface area contributed by atoms with Crippen molar-refractivity contribution in [1.29, 1.82) is 0 Å². The van der Waals surface area contributed by atoms with E-state index in [-0.39, 0.29) is 40.9 Å². The van der Waals surface area contributed by atoms with E-state index in [1.54, 1.807) is 0 Å². The fourth-order valence-corrected chi connectivity index (χ4v) is 4.14. The van der Waals surface area contributed by atoms with E-state index in [1.165, 1.54) is 7.16 Å². The fraction of sp³-hybridized carbons (Fsp3) is 0. The Labute approximate surface area is 103 Å². The Morgan fingerprint density at radius 3 is 1.64 bits per heavy atom. The molecule has 66 valence electrons. The zero-order valence-electron chi connectivity index (χ0n) is 7.28. The van der Waals surface area contributed by atoms with E-state index in [0.29, 0.717) is 0 Å². The zero-order valence-corrected chi connectivity index (χ0v) is 11.9. The van der Waals surface area contributed by atoms with Gasteiger partial charge < -0.3 is 0 Å². The summed E-state index contributed by atoms with van der Waals surface area (Å²) in [5.41, 5.74) is 0. The van der Waals surface area contributed by atoms with E-state index in [0.717, 1.165) is 0 Å². The first-order chi connectivity index (χ1) is 6.95. The molecule has 0 bridgehead atoms. The van der Waals surface area contributed by atoms with Crippen LogP contribution >= 0.6 is 0 Å². The van der Waals surface area contributed by atoms with Crippen LogP contribution in [-0.4, -0.2) is 40.9 Å². The van der Waals surface area contributed by atoms with Crippen LogP contribution in [0.15, 0.2) is 32.4 Å². The predicted molar refractivity (Wildman–Crippen MR) is 60.5 cm³/mol. The van der Waals surface area contributed by atoms with Crippen LogP contribution in [0.25, 0.3) is 0 Å². The summed E-state index contributed by atoms with van der Waals surface area (Å²) in [4.78, 5) is 0. The van der Waals surface area contributed by atoms with Crippen LogP contribution in [0, 0.1) is 23.7 Å². The second kappa shape index (κ2) is 5.52.